The monoisotopic (exact) mass is 1120 g/mol. The number of benzene rings is 5. The number of nitrogens with zero attached hydrogens (tertiary/aromatic N) is 5. The molecule has 0 aliphatic heterocycles. The molecule has 0 spiro atoms. The maximum atomic E-state index is 12.4. The zero-order chi connectivity index (χ0) is 58.7. The van der Waals surface area contributed by atoms with E-state index >= 15 is 0 Å². The van der Waals surface area contributed by atoms with Crippen molar-refractivity contribution in [2.75, 3.05) is 112 Å². The van der Waals surface area contributed by atoms with Crippen LogP contribution >= 0.6 is 0 Å². The van der Waals surface area contributed by atoms with E-state index in [4.69, 9.17) is 0 Å². The molecule has 434 valence electrons. The van der Waals surface area contributed by atoms with E-state index < -0.39 is 0 Å². The van der Waals surface area contributed by atoms with E-state index in [1.54, 1.807) is 12.1 Å². The van der Waals surface area contributed by atoms with Gasteiger partial charge < -0.3 is 30.2 Å². The van der Waals surface area contributed by atoms with Crippen LogP contribution in [0.4, 0.5) is 22.7 Å². The zero-order valence-electron chi connectivity index (χ0n) is 49.6. The number of aromatic nitrogens is 4. The number of hydrogen-bond donors (Lipinski definition) is 6. The Morgan fingerprint density at radius 2 is 0.855 bits per heavy atom. The van der Waals surface area contributed by atoms with Gasteiger partial charge >= 0.3 is 0 Å². The molecule has 0 unspecified atom stereocenters. The molecular formula is C68H84N11O4+. The third kappa shape index (κ3) is 15.9. The van der Waals surface area contributed by atoms with Crippen molar-refractivity contribution in [3.63, 3.8) is 0 Å². The van der Waals surface area contributed by atoms with Crippen LogP contribution < -0.4 is 52.5 Å². The lowest BCUT2D eigenvalue weighted by Crippen LogP contribution is -2.32. The van der Waals surface area contributed by atoms with E-state index in [9.17, 15) is 19.2 Å². The minimum absolute atomic E-state index is 0.290. The predicted octanol–water partition coefficient (Wildman–Crippen LogP) is 9.78. The van der Waals surface area contributed by atoms with Gasteiger partial charge in [-0.2, -0.15) is 0 Å². The van der Waals surface area contributed by atoms with Crippen molar-refractivity contribution < 1.29 is 4.58 Å². The molecule has 8 rings (SSSR count). The van der Waals surface area contributed by atoms with E-state index in [-0.39, 0.29) is 22.2 Å². The number of hydrogen-bond acceptors (Lipinski definition) is 10. The number of fused-ring (bicyclic) bond motifs is 2. The minimum atomic E-state index is -0.293. The molecule has 15 nitrogen and oxygen atoms in total. The second kappa shape index (κ2) is 30.0. The second-order valence-electron chi connectivity index (χ2n) is 21.3. The van der Waals surface area contributed by atoms with Gasteiger partial charge in [0.15, 0.2) is 5.71 Å². The van der Waals surface area contributed by atoms with Crippen molar-refractivity contribution in [2.24, 2.45) is 0 Å². The maximum absolute atomic E-state index is 12.4. The van der Waals surface area contributed by atoms with Gasteiger partial charge in [-0.05, 0) is 180 Å². The minimum Gasteiger partial charge on any atom is -0.372 e. The molecule has 0 radical (unpaired) electrons. The first-order valence-electron chi connectivity index (χ1n) is 29.6. The van der Waals surface area contributed by atoms with Crippen LogP contribution in [0.2, 0.25) is 0 Å². The Hall–Kier alpha value is -8.53. The van der Waals surface area contributed by atoms with Gasteiger partial charge in [0.1, 0.15) is 14.1 Å². The Balaban J connectivity index is 0.874. The lowest BCUT2D eigenvalue weighted by atomic mass is 9.94. The summed E-state index contributed by atoms with van der Waals surface area (Å²) in [7, 11) is 4.14. The average molecular weight is 1120 g/mol. The van der Waals surface area contributed by atoms with Gasteiger partial charge in [-0.25, -0.2) is 4.58 Å². The Kier molecular flexibility index (Phi) is 21.9. The quantitative estimate of drug-likeness (QED) is 0.0151. The van der Waals surface area contributed by atoms with Gasteiger partial charge in [0.05, 0.1) is 21.5 Å². The Bertz CT molecular complexity index is 3710. The summed E-state index contributed by atoms with van der Waals surface area (Å²) in [6, 6.07) is 37.7. The van der Waals surface area contributed by atoms with Gasteiger partial charge in [-0.15, -0.1) is 0 Å². The highest BCUT2D eigenvalue weighted by molar-refractivity contribution is 6.03. The van der Waals surface area contributed by atoms with Crippen molar-refractivity contribution in [1.82, 2.24) is 31.0 Å². The van der Waals surface area contributed by atoms with Crippen LogP contribution in [0.25, 0.3) is 32.7 Å². The smallest absolute Gasteiger partial charge is 0.270 e. The van der Waals surface area contributed by atoms with Gasteiger partial charge in [0.25, 0.3) is 22.2 Å². The molecule has 0 saturated heterocycles. The normalized spacial score (nSPS) is 12.5. The molecule has 6 N–H and O–H groups in total. The SMILES string of the molecule is CCN(CCCCNCCN(CC)c1ccc(C(=CC=CC(=C2C=CC(=[N+](C)C)C=C2)c2ccc(N(CC)CCNCCCCN(CC)c3ccc4c(=O)[nH][nH]c(=O)c4c3)cc2)c2ccc(C)cc2)cc1)c1ccc2c(=O)[nH][nH]c(=O)c2c1. The van der Waals surface area contributed by atoms with Crippen LogP contribution in [0.15, 0.2) is 176 Å². The van der Waals surface area contributed by atoms with Crippen molar-refractivity contribution >= 4 is 61.2 Å². The number of aromatic amines is 4. The summed E-state index contributed by atoms with van der Waals surface area (Å²) in [4.78, 5) is 58.5. The number of likely N-dealkylation sites (N-methyl/N-ethyl adjacent to an activating group) is 2. The predicted molar refractivity (Wildman–Crippen MR) is 349 cm³/mol. The van der Waals surface area contributed by atoms with Gasteiger partial charge in [-0.3, -0.25) is 39.6 Å². The number of unbranched alkanes of at least 4 members (excludes halogenated alkanes) is 2. The highest BCUT2D eigenvalue weighted by atomic mass is 16.2. The lowest BCUT2D eigenvalue weighted by molar-refractivity contribution is -0.462. The Labute approximate surface area is 488 Å². The highest BCUT2D eigenvalue weighted by Crippen LogP contribution is 2.30. The molecule has 0 saturated carbocycles. The summed E-state index contributed by atoms with van der Waals surface area (Å²) < 4.78 is 2.13. The fourth-order valence-electron chi connectivity index (χ4n) is 10.7. The molecule has 0 atom stereocenters. The summed E-state index contributed by atoms with van der Waals surface area (Å²) in [6.07, 6.45) is 19.5. The third-order valence-electron chi connectivity index (χ3n) is 15.7. The second-order valence-corrected chi connectivity index (χ2v) is 21.3. The molecule has 83 heavy (non-hydrogen) atoms. The van der Waals surface area contributed by atoms with Crippen molar-refractivity contribution in [3.8, 4) is 0 Å². The van der Waals surface area contributed by atoms with Crippen LogP contribution in [0.5, 0.6) is 0 Å². The molecule has 7 aromatic rings. The molecule has 1 aliphatic carbocycles. The molecule has 2 heterocycles. The number of nitrogens with one attached hydrogen (secondary N) is 6. The van der Waals surface area contributed by atoms with Gasteiger partial charge in [-0.1, -0.05) is 72.3 Å². The largest absolute Gasteiger partial charge is 0.372 e. The fraction of sp³-hybridized carbons (Fsp3) is 0.338. The number of allylic oxidation sites excluding steroid dienone is 9. The molecule has 15 heteroatoms. The number of H-pyrrole nitrogens is 4. The van der Waals surface area contributed by atoms with Gasteiger partial charge in [0.2, 0.25) is 0 Å². The van der Waals surface area contributed by atoms with E-state index in [1.165, 1.54) is 16.9 Å². The summed E-state index contributed by atoms with van der Waals surface area (Å²) in [5.41, 5.74) is 12.4. The number of rotatable bonds is 29. The third-order valence-corrected chi connectivity index (χ3v) is 15.7. The maximum Gasteiger partial charge on any atom is 0.270 e. The first kappa shape index (κ1) is 60.6. The number of aryl methyl sites for hydroxylation is 1. The van der Waals surface area contributed by atoms with Crippen LogP contribution in [0.3, 0.4) is 0 Å². The molecular weight excluding hydrogens is 1030 g/mol. The standard InChI is InChI=1S/C68H83N11O4/c1-8-76(57-35-37-61-63(47-57)67(82)73-71-65(61)80)43-14-12-39-69-41-45-78(10-3)55-31-25-52(26-32-55)59(50-21-19-49(5)20-22-50)17-16-18-60(51-23-29-54(30-24-51)75(6)7)53-27-33-56(34-28-53)79(11-4)46-42-70-40-13-15-44-77(9-2)58-36-38-62-64(48-58)68(83)74-72-66(62)81/h16-38,47-48,69-70H,8-15,39-46H2,1-7H3,(H3-,71,72,73,74,80,81,82,83)/p+1. The summed E-state index contributed by atoms with van der Waals surface area (Å²) in [5.74, 6) is 0. The van der Waals surface area contributed by atoms with Gasteiger partial charge in [0, 0.05) is 100 Å². The molecule has 0 amide bonds. The molecule has 0 fully saturated rings. The highest BCUT2D eigenvalue weighted by Gasteiger charge is 2.15. The van der Waals surface area contributed by atoms with Crippen LogP contribution in [0, 0.1) is 6.92 Å². The fourth-order valence-corrected chi connectivity index (χ4v) is 10.7. The lowest BCUT2D eigenvalue weighted by Gasteiger charge is -2.24. The summed E-state index contributed by atoms with van der Waals surface area (Å²) >= 11 is 0. The first-order chi connectivity index (χ1) is 40.4. The number of anilines is 4. The molecule has 5 aromatic carbocycles. The van der Waals surface area contributed by atoms with Crippen LogP contribution in [-0.4, -0.2) is 123 Å². The van der Waals surface area contributed by atoms with E-state index in [0.29, 0.717) is 21.5 Å². The van der Waals surface area contributed by atoms with Crippen molar-refractivity contribution in [1.29, 1.82) is 0 Å². The van der Waals surface area contributed by atoms with E-state index in [2.05, 4.69) is 219 Å². The van der Waals surface area contributed by atoms with E-state index in [1.807, 2.05) is 24.3 Å². The molecule has 2 aromatic heterocycles. The van der Waals surface area contributed by atoms with Crippen molar-refractivity contribution in [2.45, 2.75) is 60.3 Å². The van der Waals surface area contributed by atoms with Crippen LogP contribution in [-0.2, 0) is 0 Å². The molecule has 1 aliphatic rings. The van der Waals surface area contributed by atoms with E-state index in [0.717, 1.165) is 155 Å². The molecule has 0 bridgehead atoms. The van der Waals surface area contributed by atoms with Crippen LogP contribution in [0.1, 0.15) is 75.6 Å². The van der Waals surface area contributed by atoms with Crippen molar-refractivity contribution in [3.05, 3.63) is 221 Å². The Morgan fingerprint density at radius 1 is 0.458 bits per heavy atom. The summed E-state index contributed by atoms with van der Waals surface area (Å²) in [6.45, 7) is 21.2. The first-order valence-corrected chi connectivity index (χ1v) is 29.6. The average Bonchev–Trinajstić information content (AvgIpc) is 3.65. The Morgan fingerprint density at radius 3 is 1.29 bits per heavy atom. The summed E-state index contributed by atoms with van der Waals surface area (Å²) in [5, 5.41) is 18.6. The zero-order valence-corrected chi connectivity index (χ0v) is 49.6. The topological polar surface area (TPSA) is 171 Å².